The Bertz CT molecular complexity index is 394. The zero-order valence-corrected chi connectivity index (χ0v) is 10.00. The van der Waals surface area contributed by atoms with Crippen LogP contribution in [0, 0.1) is 0 Å². The molecule has 0 aliphatic carbocycles. The molecule has 3 nitrogen and oxygen atoms in total. The van der Waals surface area contributed by atoms with Gasteiger partial charge in [-0.15, -0.1) is 0 Å². The number of carbonyl (C=O) groups excluding carboxylic acids is 1. The first-order valence-electron chi connectivity index (χ1n) is 5.40. The number of hydrogen-bond acceptors (Lipinski definition) is 2. The van der Waals surface area contributed by atoms with Crippen molar-refractivity contribution in [1.82, 2.24) is 10.2 Å². The molecule has 1 saturated heterocycles. The van der Waals surface area contributed by atoms with Crippen molar-refractivity contribution in [2.24, 2.45) is 0 Å². The molecule has 1 unspecified atom stereocenters. The molecule has 86 valence electrons. The first-order chi connectivity index (χ1) is 7.68. The van der Waals surface area contributed by atoms with E-state index in [0.29, 0.717) is 6.42 Å². The molecule has 0 bridgehead atoms. The van der Waals surface area contributed by atoms with E-state index in [1.807, 2.05) is 31.3 Å². The van der Waals surface area contributed by atoms with Crippen LogP contribution in [0.1, 0.15) is 5.56 Å². The summed E-state index contributed by atoms with van der Waals surface area (Å²) in [6.07, 6.45) is 0.656. The summed E-state index contributed by atoms with van der Waals surface area (Å²) in [5.74, 6) is 0.145. The van der Waals surface area contributed by atoms with Crippen LogP contribution in [0.3, 0.4) is 0 Å². The lowest BCUT2D eigenvalue weighted by Gasteiger charge is -2.30. The summed E-state index contributed by atoms with van der Waals surface area (Å²) < 4.78 is 0. The second kappa shape index (κ2) is 4.85. The van der Waals surface area contributed by atoms with Crippen LogP contribution in [0.25, 0.3) is 0 Å². The van der Waals surface area contributed by atoms with E-state index in [-0.39, 0.29) is 11.9 Å². The van der Waals surface area contributed by atoms with E-state index >= 15 is 0 Å². The number of nitrogens with one attached hydrogen (secondary N) is 1. The largest absolute Gasteiger partial charge is 0.343 e. The zero-order valence-electron chi connectivity index (χ0n) is 9.24. The molecule has 0 spiro atoms. The summed E-state index contributed by atoms with van der Waals surface area (Å²) in [7, 11) is 1.84. The van der Waals surface area contributed by atoms with Gasteiger partial charge in [-0.2, -0.15) is 0 Å². The van der Waals surface area contributed by atoms with Crippen LogP contribution in [0.15, 0.2) is 24.3 Å². The van der Waals surface area contributed by atoms with Crippen LogP contribution < -0.4 is 5.32 Å². The van der Waals surface area contributed by atoms with E-state index in [0.717, 1.165) is 23.7 Å². The van der Waals surface area contributed by atoms with Crippen molar-refractivity contribution < 1.29 is 4.79 Å². The van der Waals surface area contributed by atoms with Gasteiger partial charge in [0, 0.05) is 25.2 Å². The molecule has 16 heavy (non-hydrogen) atoms. The lowest BCUT2D eigenvalue weighted by molar-refractivity contribution is -0.134. The van der Waals surface area contributed by atoms with Gasteiger partial charge in [0.15, 0.2) is 0 Å². The van der Waals surface area contributed by atoms with Crippen molar-refractivity contribution in [1.29, 1.82) is 0 Å². The third-order valence-corrected chi connectivity index (χ3v) is 3.26. The second-order valence-corrected chi connectivity index (χ2v) is 4.47. The highest BCUT2D eigenvalue weighted by Gasteiger charge is 2.26. The van der Waals surface area contributed by atoms with Gasteiger partial charge in [-0.1, -0.05) is 29.8 Å². The van der Waals surface area contributed by atoms with Gasteiger partial charge < -0.3 is 10.2 Å². The lowest BCUT2D eigenvalue weighted by Crippen LogP contribution is -2.54. The number of halogens is 1. The molecule has 1 heterocycles. The van der Waals surface area contributed by atoms with Gasteiger partial charge in [0.2, 0.25) is 5.91 Å². The fourth-order valence-corrected chi connectivity index (χ4v) is 2.13. The van der Waals surface area contributed by atoms with Crippen LogP contribution in [0.4, 0.5) is 0 Å². The molecule has 0 aromatic heterocycles. The molecule has 1 aromatic carbocycles. The number of piperazine rings is 1. The molecule has 2 rings (SSSR count). The van der Waals surface area contributed by atoms with Crippen LogP contribution in [-0.4, -0.2) is 37.0 Å². The number of rotatable bonds is 2. The van der Waals surface area contributed by atoms with Gasteiger partial charge >= 0.3 is 0 Å². The fourth-order valence-electron chi connectivity index (χ4n) is 1.91. The van der Waals surface area contributed by atoms with Gasteiger partial charge in [-0.25, -0.2) is 0 Å². The fraction of sp³-hybridized carbons (Fsp3) is 0.417. The van der Waals surface area contributed by atoms with Crippen molar-refractivity contribution >= 4 is 17.5 Å². The molecule has 1 aliphatic heterocycles. The topological polar surface area (TPSA) is 32.3 Å². The molecule has 1 atom stereocenters. The quantitative estimate of drug-likeness (QED) is 0.843. The molecule has 1 amide bonds. The molecule has 0 saturated carbocycles. The van der Waals surface area contributed by atoms with Crippen molar-refractivity contribution in [3.8, 4) is 0 Å². The molecule has 1 aromatic rings. The smallest absolute Gasteiger partial charge is 0.239 e. The number of hydrogen-bond donors (Lipinski definition) is 1. The number of carbonyl (C=O) groups is 1. The van der Waals surface area contributed by atoms with E-state index in [4.69, 9.17) is 11.6 Å². The van der Waals surface area contributed by atoms with E-state index in [9.17, 15) is 4.79 Å². The summed E-state index contributed by atoms with van der Waals surface area (Å²) >= 11 is 6.07. The predicted molar refractivity (Wildman–Crippen MR) is 64.6 cm³/mol. The highest BCUT2D eigenvalue weighted by atomic mass is 35.5. The SMILES string of the molecule is CN1CCNC(Cc2ccccc2Cl)C1=O. The van der Waals surface area contributed by atoms with Crippen molar-refractivity contribution in [3.05, 3.63) is 34.9 Å². The monoisotopic (exact) mass is 238 g/mol. The zero-order chi connectivity index (χ0) is 11.5. The first kappa shape index (κ1) is 11.4. The third-order valence-electron chi connectivity index (χ3n) is 2.89. The van der Waals surface area contributed by atoms with Gasteiger partial charge in [-0.3, -0.25) is 4.79 Å². The van der Waals surface area contributed by atoms with Crippen LogP contribution in [0.2, 0.25) is 5.02 Å². The molecular formula is C12H15ClN2O. The maximum Gasteiger partial charge on any atom is 0.239 e. The minimum Gasteiger partial charge on any atom is -0.343 e. The van der Waals surface area contributed by atoms with E-state index < -0.39 is 0 Å². The maximum absolute atomic E-state index is 11.9. The summed E-state index contributed by atoms with van der Waals surface area (Å²) in [5.41, 5.74) is 1.02. The number of nitrogens with zero attached hydrogens (tertiary/aromatic N) is 1. The Morgan fingerprint density at radius 2 is 2.25 bits per heavy atom. The Hall–Kier alpha value is -1.06. The summed E-state index contributed by atoms with van der Waals surface area (Å²) in [6, 6.07) is 7.52. The first-order valence-corrected chi connectivity index (χ1v) is 5.78. The van der Waals surface area contributed by atoms with E-state index in [1.54, 1.807) is 4.90 Å². The highest BCUT2D eigenvalue weighted by Crippen LogP contribution is 2.17. The highest BCUT2D eigenvalue weighted by molar-refractivity contribution is 6.31. The van der Waals surface area contributed by atoms with Crippen molar-refractivity contribution in [2.75, 3.05) is 20.1 Å². The lowest BCUT2D eigenvalue weighted by atomic mass is 10.0. The van der Waals surface area contributed by atoms with Gasteiger partial charge in [0.05, 0.1) is 6.04 Å². The standard InChI is InChI=1S/C12H15ClN2O/c1-15-7-6-14-11(12(15)16)8-9-4-2-3-5-10(9)13/h2-5,11,14H,6-8H2,1H3. The van der Waals surface area contributed by atoms with Crippen molar-refractivity contribution in [3.63, 3.8) is 0 Å². The predicted octanol–water partition coefficient (Wildman–Crippen LogP) is 1.31. The molecule has 1 fully saturated rings. The number of benzene rings is 1. The van der Waals surface area contributed by atoms with Crippen LogP contribution in [0.5, 0.6) is 0 Å². The Labute approximate surface area is 100 Å². The third kappa shape index (κ3) is 2.36. The molecule has 4 heteroatoms. The van der Waals surface area contributed by atoms with Crippen LogP contribution in [-0.2, 0) is 11.2 Å². The Morgan fingerprint density at radius 3 is 3.00 bits per heavy atom. The number of likely N-dealkylation sites (N-methyl/N-ethyl adjacent to an activating group) is 1. The van der Waals surface area contributed by atoms with E-state index in [1.165, 1.54) is 0 Å². The van der Waals surface area contributed by atoms with Crippen LogP contribution >= 0.6 is 11.6 Å². The molecule has 0 radical (unpaired) electrons. The molecular weight excluding hydrogens is 224 g/mol. The maximum atomic E-state index is 11.9. The minimum atomic E-state index is -0.140. The normalized spacial score (nSPS) is 21.2. The second-order valence-electron chi connectivity index (χ2n) is 4.06. The van der Waals surface area contributed by atoms with Gasteiger partial charge in [-0.05, 0) is 18.1 Å². The minimum absolute atomic E-state index is 0.140. The van der Waals surface area contributed by atoms with Gasteiger partial charge in [0.1, 0.15) is 0 Å². The Balaban J connectivity index is 2.10. The molecule has 1 N–H and O–H groups in total. The molecule has 1 aliphatic rings. The van der Waals surface area contributed by atoms with E-state index in [2.05, 4.69) is 5.32 Å². The average molecular weight is 239 g/mol. The summed E-state index contributed by atoms with van der Waals surface area (Å²) in [6.45, 7) is 1.62. The summed E-state index contributed by atoms with van der Waals surface area (Å²) in [4.78, 5) is 13.6. The Morgan fingerprint density at radius 1 is 1.50 bits per heavy atom. The number of amides is 1. The summed E-state index contributed by atoms with van der Waals surface area (Å²) in [5, 5.41) is 3.95. The van der Waals surface area contributed by atoms with Gasteiger partial charge in [0.25, 0.3) is 0 Å². The Kier molecular flexibility index (Phi) is 3.46. The average Bonchev–Trinajstić information content (AvgIpc) is 2.28. The van der Waals surface area contributed by atoms with Crippen molar-refractivity contribution in [2.45, 2.75) is 12.5 Å².